The number of carbonyl (C=O) groups is 5. The monoisotopic (exact) mass is 1110 g/mol. The molecule has 2 fully saturated rings. The summed E-state index contributed by atoms with van der Waals surface area (Å²) in [5, 5.41) is 23.9. The summed E-state index contributed by atoms with van der Waals surface area (Å²) in [7, 11) is 0. The van der Waals surface area contributed by atoms with Crippen molar-refractivity contribution in [1.29, 1.82) is 0 Å². The average molecular weight is 1110 g/mol. The molecule has 0 saturated heterocycles. The number of pyridine rings is 2. The molecule has 412 valence electrons. The predicted molar refractivity (Wildman–Crippen MR) is 248 cm³/mol. The molecule has 3 amide bonds. The minimum Gasteiger partial charge on any atom is -0.484 e. The number of hydrogen-bond donors (Lipinski definition) is 6. The van der Waals surface area contributed by atoms with E-state index in [2.05, 4.69) is 25.9 Å². The fraction of sp³-hybridized carbons (Fsp3) is 0.413. The van der Waals surface area contributed by atoms with Crippen LogP contribution in [-0.2, 0) is 26.7 Å². The van der Waals surface area contributed by atoms with Gasteiger partial charge in [-0.25, -0.2) is 28.3 Å². The Labute approximate surface area is 428 Å². The Balaban J connectivity index is 0.00000112. The summed E-state index contributed by atoms with van der Waals surface area (Å²) < 4.78 is 143. The van der Waals surface area contributed by atoms with Gasteiger partial charge in [0.05, 0.1) is 10.0 Å². The third-order valence-corrected chi connectivity index (χ3v) is 11.2. The number of nitrogens with one attached hydrogen (secondary N) is 3. The van der Waals surface area contributed by atoms with E-state index in [1.807, 2.05) is 0 Å². The van der Waals surface area contributed by atoms with Crippen molar-refractivity contribution < 1.29 is 96.2 Å². The van der Waals surface area contributed by atoms with Gasteiger partial charge in [0.15, 0.2) is 13.2 Å². The van der Waals surface area contributed by atoms with Gasteiger partial charge in [-0.1, -0.05) is 35.3 Å². The zero-order chi connectivity index (χ0) is 55.4. The normalized spacial score (nSPS) is 17.5. The maximum absolute atomic E-state index is 13.4. The molecule has 0 bridgehead atoms. The fourth-order valence-corrected chi connectivity index (χ4v) is 7.02. The first-order valence-corrected chi connectivity index (χ1v) is 22.7. The van der Waals surface area contributed by atoms with Gasteiger partial charge in [-0.15, -0.1) is 0 Å². The Bertz CT molecular complexity index is 2530. The quantitative estimate of drug-likeness (QED) is 0.0687. The van der Waals surface area contributed by atoms with E-state index in [1.165, 1.54) is 36.4 Å². The average Bonchev–Trinajstić information content (AvgIpc) is 3.34. The minimum absolute atomic E-state index is 0. The van der Waals surface area contributed by atoms with Crippen LogP contribution in [0.3, 0.4) is 0 Å². The lowest BCUT2D eigenvalue weighted by Crippen LogP contribution is -2.41. The van der Waals surface area contributed by atoms with E-state index in [4.69, 9.17) is 53.4 Å². The van der Waals surface area contributed by atoms with Gasteiger partial charge in [-0.05, 0) is 118 Å². The molecule has 74 heavy (non-hydrogen) atoms. The minimum atomic E-state index is -5.08. The number of benzene rings is 2. The molecule has 28 heteroatoms. The summed E-state index contributed by atoms with van der Waals surface area (Å²) in [6.07, 6.45) is -7.50. The molecule has 4 aromatic rings. The molecule has 0 spiro atoms. The van der Waals surface area contributed by atoms with Gasteiger partial charge in [0.2, 0.25) is 0 Å². The first-order valence-electron chi connectivity index (χ1n) is 21.9. The topological polar surface area (TPSA) is 232 Å². The lowest BCUT2D eigenvalue weighted by atomic mass is 9.86. The van der Waals surface area contributed by atoms with E-state index >= 15 is 0 Å². The molecule has 6 rings (SSSR count). The summed E-state index contributed by atoms with van der Waals surface area (Å²) in [5.41, 5.74) is 2.42. The first kappa shape index (κ1) is 61.8. The van der Waals surface area contributed by atoms with Crippen molar-refractivity contribution >= 4 is 52.9 Å². The van der Waals surface area contributed by atoms with Gasteiger partial charge in [0, 0.05) is 35.0 Å². The summed E-state index contributed by atoms with van der Waals surface area (Å²) in [5.74, 6) is -5.42. The molecule has 0 atom stereocenters. The Morgan fingerprint density at radius 3 is 1.38 bits per heavy atom. The van der Waals surface area contributed by atoms with Crippen molar-refractivity contribution in [3.63, 3.8) is 0 Å². The number of carbonyl (C=O) groups excluding carboxylic acids is 3. The summed E-state index contributed by atoms with van der Waals surface area (Å²) in [6.45, 7) is 0.632. The molecular weight excluding hydrogens is 1060 g/mol. The van der Waals surface area contributed by atoms with Gasteiger partial charge in [-0.3, -0.25) is 14.4 Å². The number of nitrogens with two attached hydrogens (primary N) is 1. The van der Waals surface area contributed by atoms with Crippen LogP contribution in [0.4, 0.5) is 48.3 Å². The molecule has 2 aliphatic carbocycles. The maximum atomic E-state index is 13.4. The number of aliphatic carboxylic acids is 1. The highest BCUT2D eigenvalue weighted by atomic mass is 35.5. The number of carboxylic acid groups (broad SMARTS) is 2. The van der Waals surface area contributed by atoms with Crippen LogP contribution in [0.1, 0.15) is 88.0 Å². The Morgan fingerprint density at radius 1 is 0.622 bits per heavy atom. The smallest absolute Gasteiger partial charge is 0.484 e. The Hall–Kier alpha value is -6.54. The van der Waals surface area contributed by atoms with Crippen LogP contribution in [0.5, 0.6) is 11.5 Å². The summed E-state index contributed by atoms with van der Waals surface area (Å²) >= 11 is 11.2. The van der Waals surface area contributed by atoms with Crippen LogP contribution in [0.2, 0.25) is 10.0 Å². The second-order valence-corrected chi connectivity index (χ2v) is 17.0. The van der Waals surface area contributed by atoms with Gasteiger partial charge in [0.1, 0.15) is 45.9 Å². The van der Waals surface area contributed by atoms with Gasteiger partial charge in [-0.2, -0.15) is 39.5 Å². The van der Waals surface area contributed by atoms with Crippen LogP contribution >= 0.6 is 23.2 Å². The highest BCUT2D eigenvalue weighted by Gasteiger charge is 2.38. The molecule has 2 aliphatic rings. The van der Waals surface area contributed by atoms with Crippen molar-refractivity contribution in [3.8, 4) is 11.5 Å². The van der Waals surface area contributed by atoms with Crippen molar-refractivity contribution in [2.24, 2.45) is 17.6 Å². The third kappa shape index (κ3) is 22.3. The number of amides is 3. The number of carboxylic acids is 2. The van der Waals surface area contributed by atoms with Crippen molar-refractivity contribution in [2.45, 2.75) is 82.0 Å². The molecule has 0 aliphatic heterocycles. The van der Waals surface area contributed by atoms with Crippen molar-refractivity contribution in [2.75, 3.05) is 26.3 Å². The van der Waals surface area contributed by atoms with E-state index < -0.39 is 65.1 Å². The third-order valence-electron chi connectivity index (χ3n) is 10.6. The lowest BCUT2D eigenvalue weighted by molar-refractivity contribution is -0.192. The van der Waals surface area contributed by atoms with Crippen LogP contribution < -0.4 is 31.2 Å². The zero-order valence-electron chi connectivity index (χ0n) is 38.4. The van der Waals surface area contributed by atoms with Crippen LogP contribution in [0, 0.1) is 23.5 Å². The molecule has 0 unspecified atom stereocenters. The van der Waals surface area contributed by atoms with Gasteiger partial charge >= 0.3 is 30.5 Å². The number of ether oxygens (including phenoxy) is 2. The molecule has 2 saturated carbocycles. The summed E-state index contributed by atoms with van der Waals surface area (Å²) in [4.78, 5) is 61.5. The molecule has 2 aromatic heterocycles. The van der Waals surface area contributed by atoms with Crippen LogP contribution in [0.25, 0.3) is 0 Å². The number of aromatic carboxylic acids is 1. The van der Waals surface area contributed by atoms with Crippen molar-refractivity contribution in [1.82, 2.24) is 25.9 Å². The predicted octanol–water partition coefficient (Wildman–Crippen LogP) is 10.0. The first-order chi connectivity index (χ1) is 34.5. The molecular formula is C46H53Cl2F11N6O9. The Morgan fingerprint density at radius 2 is 1.01 bits per heavy atom. The van der Waals surface area contributed by atoms with E-state index in [9.17, 15) is 67.5 Å². The van der Waals surface area contributed by atoms with Crippen molar-refractivity contribution in [3.05, 3.63) is 117 Å². The van der Waals surface area contributed by atoms with E-state index in [0.29, 0.717) is 43.7 Å². The fourth-order valence-electron chi connectivity index (χ4n) is 6.78. The molecule has 7 N–H and O–H groups in total. The molecule has 0 radical (unpaired) electrons. The molecule has 2 aromatic carbocycles. The summed E-state index contributed by atoms with van der Waals surface area (Å²) in [6, 6.07) is 14.0. The number of rotatable bonds is 13. The lowest BCUT2D eigenvalue weighted by Gasteiger charge is -2.29. The molecule has 2 heterocycles. The number of nitrogens with zero attached hydrogens (tertiary/aromatic N) is 2. The van der Waals surface area contributed by atoms with Crippen LogP contribution in [-0.4, -0.2) is 94.4 Å². The molecule has 15 nitrogen and oxygen atoms in total. The van der Waals surface area contributed by atoms with Gasteiger partial charge in [0.25, 0.3) is 17.7 Å². The zero-order valence-corrected chi connectivity index (χ0v) is 39.9. The highest BCUT2D eigenvalue weighted by molar-refractivity contribution is 6.31. The number of hydrogen-bond acceptors (Lipinski definition) is 10. The van der Waals surface area contributed by atoms with E-state index in [0.717, 1.165) is 68.9 Å². The SMILES string of the molecule is NCC1CCC(NC(=O)COc2ccc(Cl)c(F)c2)CC1.O=C(COc1ccc(Cl)c(F)c1)NC1CCC(CNC(=O)c2cccc(C(F)(F)F)n2)CC1.O=C(O)C(F)(F)F.O=C(O)c1cccc(C(F)(F)F)n1.[HH].[HH].[HH]. The van der Waals surface area contributed by atoms with E-state index in [1.54, 1.807) is 0 Å². The second kappa shape index (κ2) is 28.8. The van der Waals surface area contributed by atoms with Crippen LogP contribution in [0.15, 0.2) is 72.8 Å². The van der Waals surface area contributed by atoms with Gasteiger partial charge < -0.3 is 41.4 Å². The number of alkyl halides is 9. The highest BCUT2D eigenvalue weighted by Crippen LogP contribution is 2.29. The second-order valence-electron chi connectivity index (χ2n) is 16.2. The maximum Gasteiger partial charge on any atom is 0.490 e. The standard InChI is InChI=1S/C22H22ClF4N3O3.C15H20ClFN2O2.C7H4F3NO2.C2HF3O2.3H2/c23-16-9-8-15(10-17(16)24)33-12-20(31)29-14-6-4-13(5-7-14)11-28-21(32)18-2-1-3-19(30-18)22(25,26)27;16-13-6-5-12(7-14(13)17)21-9-15(20)19-11-3-1-10(8-18)2-4-11;8-7(9,10)5-3-1-2-4(11-5)6(12)13;3-2(4,5)1(6)7;;;/h1-3,8-10,13-14H,4-7,11-12H2,(H,28,32)(H,29,31);5-7,10-11H,1-4,8-9,18H2,(H,19,20);1-3H,(H,12,13);(H,6,7);3*1H. The van der Waals surface area contributed by atoms with E-state index in [-0.39, 0.29) is 68.8 Å². The Kier molecular flexibility index (Phi) is 24.0. The largest absolute Gasteiger partial charge is 0.490 e. The number of aromatic nitrogens is 2. The number of halogens is 13.